The van der Waals surface area contributed by atoms with E-state index in [0.717, 1.165) is 24.8 Å². The number of hydrogen-bond donors (Lipinski definition) is 2. The Kier molecular flexibility index (Phi) is 2.77. The van der Waals surface area contributed by atoms with Gasteiger partial charge in [-0.05, 0) is 42.5 Å². The standard InChI is InChI=1S/C11H14ClNO/c12-8-5-4-7-2-1-3-10(13)11(14)9(7)6-8/h4-6,10-11,14H,1-3,13H2/t10-,11+/m0/s1. The smallest absolute Gasteiger partial charge is 0.0944 e. The van der Waals surface area contributed by atoms with E-state index >= 15 is 0 Å². The molecule has 1 aliphatic rings. The zero-order chi connectivity index (χ0) is 10.1. The number of halogens is 1. The molecule has 0 amide bonds. The third kappa shape index (κ3) is 1.78. The van der Waals surface area contributed by atoms with Crippen molar-refractivity contribution in [3.8, 4) is 0 Å². The quantitative estimate of drug-likeness (QED) is 0.646. The van der Waals surface area contributed by atoms with Crippen LogP contribution in [0.25, 0.3) is 0 Å². The van der Waals surface area contributed by atoms with E-state index in [4.69, 9.17) is 17.3 Å². The highest BCUT2D eigenvalue weighted by Gasteiger charge is 2.22. The van der Waals surface area contributed by atoms with Gasteiger partial charge in [0, 0.05) is 11.1 Å². The summed E-state index contributed by atoms with van der Waals surface area (Å²) >= 11 is 5.89. The highest BCUT2D eigenvalue weighted by Crippen LogP contribution is 2.29. The Balaban J connectivity index is 2.44. The van der Waals surface area contributed by atoms with Crippen molar-refractivity contribution in [3.05, 3.63) is 34.3 Å². The second-order valence-electron chi connectivity index (χ2n) is 3.84. The number of fused-ring (bicyclic) bond motifs is 1. The Morgan fingerprint density at radius 3 is 3.00 bits per heavy atom. The molecule has 0 heterocycles. The zero-order valence-corrected chi connectivity index (χ0v) is 8.67. The summed E-state index contributed by atoms with van der Waals surface area (Å²) in [6.45, 7) is 0. The minimum Gasteiger partial charge on any atom is -0.387 e. The van der Waals surface area contributed by atoms with Crippen molar-refractivity contribution in [2.45, 2.75) is 31.4 Å². The first-order valence-corrected chi connectivity index (χ1v) is 5.28. The van der Waals surface area contributed by atoms with Crippen molar-refractivity contribution in [1.29, 1.82) is 0 Å². The van der Waals surface area contributed by atoms with Crippen LogP contribution in [-0.4, -0.2) is 11.1 Å². The molecule has 2 atom stereocenters. The molecule has 0 radical (unpaired) electrons. The molecule has 0 aliphatic heterocycles. The molecule has 3 heteroatoms. The molecule has 76 valence electrons. The third-order valence-corrected chi connectivity index (χ3v) is 3.05. The monoisotopic (exact) mass is 211 g/mol. The fraction of sp³-hybridized carbons (Fsp3) is 0.455. The molecule has 0 saturated heterocycles. The minimum absolute atomic E-state index is 0.158. The van der Waals surface area contributed by atoms with Crippen LogP contribution in [0.2, 0.25) is 5.02 Å². The lowest BCUT2D eigenvalue weighted by atomic mass is 9.99. The van der Waals surface area contributed by atoms with E-state index in [9.17, 15) is 5.11 Å². The van der Waals surface area contributed by atoms with Gasteiger partial charge in [-0.3, -0.25) is 0 Å². The van der Waals surface area contributed by atoms with E-state index in [1.165, 1.54) is 5.56 Å². The molecule has 2 rings (SSSR count). The van der Waals surface area contributed by atoms with Crippen molar-refractivity contribution >= 4 is 11.6 Å². The van der Waals surface area contributed by atoms with Gasteiger partial charge in [0.15, 0.2) is 0 Å². The van der Waals surface area contributed by atoms with E-state index in [1.54, 1.807) is 0 Å². The van der Waals surface area contributed by atoms with E-state index in [0.29, 0.717) is 5.02 Å². The molecule has 0 saturated carbocycles. The third-order valence-electron chi connectivity index (χ3n) is 2.82. The van der Waals surface area contributed by atoms with Crippen molar-refractivity contribution in [1.82, 2.24) is 0 Å². The lowest BCUT2D eigenvalue weighted by Crippen LogP contribution is -2.27. The van der Waals surface area contributed by atoms with Gasteiger partial charge in [0.05, 0.1) is 6.10 Å². The molecular weight excluding hydrogens is 198 g/mol. The SMILES string of the molecule is N[C@H]1CCCc2ccc(Cl)cc2[C@H]1O. The van der Waals surface area contributed by atoms with E-state index in [2.05, 4.69) is 0 Å². The topological polar surface area (TPSA) is 46.2 Å². The van der Waals surface area contributed by atoms with Crippen molar-refractivity contribution < 1.29 is 5.11 Å². The van der Waals surface area contributed by atoms with Crippen LogP contribution in [0.1, 0.15) is 30.1 Å². The molecule has 2 nitrogen and oxygen atoms in total. The first kappa shape index (κ1) is 9.97. The van der Waals surface area contributed by atoms with Gasteiger partial charge in [-0.2, -0.15) is 0 Å². The van der Waals surface area contributed by atoms with Crippen LogP contribution in [0.15, 0.2) is 18.2 Å². The summed E-state index contributed by atoms with van der Waals surface area (Å²) in [5, 5.41) is 10.6. The lowest BCUT2D eigenvalue weighted by molar-refractivity contribution is 0.144. The minimum atomic E-state index is -0.564. The molecule has 1 aromatic carbocycles. The van der Waals surface area contributed by atoms with Gasteiger partial charge in [0.25, 0.3) is 0 Å². The highest BCUT2D eigenvalue weighted by molar-refractivity contribution is 6.30. The Morgan fingerprint density at radius 2 is 2.21 bits per heavy atom. The maximum atomic E-state index is 9.95. The molecule has 3 N–H and O–H groups in total. The summed E-state index contributed by atoms with van der Waals surface area (Å²) in [5.74, 6) is 0. The fourth-order valence-electron chi connectivity index (χ4n) is 1.99. The maximum absolute atomic E-state index is 9.95. The fourth-order valence-corrected chi connectivity index (χ4v) is 2.17. The van der Waals surface area contributed by atoms with Gasteiger partial charge in [-0.15, -0.1) is 0 Å². The van der Waals surface area contributed by atoms with Crippen LogP contribution in [0.3, 0.4) is 0 Å². The summed E-state index contributed by atoms with van der Waals surface area (Å²) in [5.41, 5.74) is 7.93. The lowest BCUT2D eigenvalue weighted by Gasteiger charge is -2.17. The summed E-state index contributed by atoms with van der Waals surface area (Å²) in [6.07, 6.45) is 2.32. The summed E-state index contributed by atoms with van der Waals surface area (Å²) in [6, 6.07) is 5.52. The average molecular weight is 212 g/mol. The van der Waals surface area contributed by atoms with Crippen LogP contribution >= 0.6 is 11.6 Å². The molecule has 0 spiro atoms. The summed E-state index contributed by atoms with van der Waals surface area (Å²) < 4.78 is 0. The van der Waals surface area contributed by atoms with Crippen LogP contribution in [-0.2, 0) is 6.42 Å². The second kappa shape index (κ2) is 3.89. The number of benzene rings is 1. The summed E-state index contributed by atoms with van der Waals surface area (Å²) in [7, 11) is 0. The van der Waals surface area contributed by atoms with Crippen LogP contribution < -0.4 is 5.73 Å². The Morgan fingerprint density at radius 1 is 1.43 bits per heavy atom. The van der Waals surface area contributed by atoms with Crippen LogP contribution in [0.4, 0.5) is 0 Å². The number of aryl methyl sites for hydroxylation is 1. The molecule has 0 unspecified atom stereocenters. The zero-order valence-electron chi connectivity index (χ0n) is 7.91. The molecule has 0 fully saturated rings. The normalized spacial score (nSPS) is 26.8. The maximum Gasteiger partial charge on any atom is 0.0944 e. The van der Waals surface area contributed by atoms with Crippen LogP contribution in [0, 0.1) is 0 Å². The number of nitrogens with two attached hydrogens (primary N) is 1. The summed E-state index contributed by atoms with van der Waals surface area (Å²) in [4.78, 5) is 0. The van der Waals surface area contributed by atoms with Gasteiger partial charge < -0.3 is 10.8 Å². The van der Waals surface area contributed by atoms with E-state index in [1.807, 2.05) is 18.2 Å². The second-order valence-corrected chi connectivity index (χ2v) is 4.28. The molecule has 1 aromatic rings. The predicted octanol–water partition coefficient (Wildman–Crippen LogP) is 2.04. The van der Waals surface area contributed by atoms with E-state index < -0.39 is 6.10 Å². The molecule has 14 heavy (non-hydrogen) atoms. The van der Waals surface area contributed by atoms with E-state index in [-0.39, 0.29) is 6.04 Å². The molecular formula is C11H14ClNO. The number of aliphatic hydroxyl groups excluding tert-OH is 1. The number of aliphatic hydroxyl groups is 1. The first-order valence-electron chi connectivity index (χ1n) is 4.90. The Bertz CT molecular complexity index is 340. The Labute approximate surface area is 88.7 Å². The van der Waals surface area contributed by atoms with Crippen molar-refractivity contribution in [2.75, 3.05) is 0 Å². The first-order chi connectivity index (χ1) is 6.68. The average Bonchev–Trinajstić information content (AvgIpc) is 2.30. The van der Waals surface area contributed by atoms with Gasteiger partial charge in [-0.1, -0.05) is 17.7 Å². The molecule has 0 aromatic heterocycles. The van der Waals surface area contributed by atoms with Gasteiger partial charge >= 0.3 is 0 Å². The Hall–Kier alpha value is -0.570. The van der Waals surface area contributed by atoms with Crippen LogP contribution in [0.5, 0.6) is 0 Å². The van der Waals surface area contributed by atoms with Gasteiger partial charge in [-0.25, -0.2) is 0 Å². The largest absolute Gasteiger partial charge is 0.387 e. The van der Waals surface area contributed by atoms with Gasteiger partial charge in [0.1, 0.15) is 0 Å². The molecule has 0 bridgehead atoms. The number of rotatable bonds is 0. The molecule has 1 aliphatic carbocycles. The highest BCUT2D eigenvalue weighted by atomic mass is 35.5. The van der Waals surface area contributed by atoms with Crippen molar-refractivity contribution in [2.24, 2.45) is 5.73 Å². The predicted molar refractivity (Wildman–Crippen MR) is 57.3 cm³/mol. The number of hydrogen-bond acceptors (Lipinski definition) is 2. The van der Waals surface area contributed by atoms with Crippen molar-refractivity contribution in [3.63, 3.8) is 0 Å². The van der Waals surface area contributed by atoms with Gasteiger partial charge in [0.2, 0.25) is 0 Å².